The maximum absolute atomic E-state index is 2.39. The summed E-state index contributed by atoms with van der Waals surface area (Å²) in [5.41, 5.74) is 5.80. The maximum atomic E-state index is 2.39. The van der Waals surface area contributed by atoms with E-state index < -0.39 is 0 Å². The average Bonchev–Trinajstić information content (AvgIpc) is 2.83. The monoisotopic (exact) mass is 430 g/mol. The molecular weight excluding hydrogens is 384 g/mol. The lowest BCUT2D eigenvalue weighted by atomic mass is 9.77. The number of benzene rings is 2. The van der Waals surface area contributed by atoms with Gasteiger partial charge in [-0.1, -0.05) is 114 Å². The second-order valence-corrected chi connectivity index (χ2v) is 11.2. The van der Waals surface area contributed by atoms with Gasteiger partial charge in [0.15, 0.2) is 0 Å². The first-order valence-corrected chi connectivity index (χ1v) is 13.9. The Labute approximate surface area is 198 Å². The molecular formula is C32H46. The standard InChI is InChI=1S/C32H46/c1-3-5-25-7-11-27(12-8-25)23-29-15-19-31(20-16-29)32-21-17-30(18-22-32)24-28-13-9-26(6-4-2)10-14-28/h15-22,25-28H,3-14,23-24H2,1-2H3. The molecule has 0 saturated heterocycles. The Bertz CT molecular complexity index is 698. The van der Waals surface area contributed by atoms with Crippen molar-refractivity contribution in [1.82, 2.24) is 0 Å². The Kier molecular flexibility index (Phi) is 8.89. The Balaban J connectivity index is 1.25. The van der Waals surface area contributed by atoms with E-state index in [2.05, 4.69) is 62.4 Å². The predicted molar refractivity (Wildman–Crippen MR) is 140 cm³/mol. The summed E-state index contributed by atoms with van der Waals surface area (Å²) in [6, 6.07) is 18.9. The number of hydrogen-bond acceptors (Lipinski definition) is 0. The topological polar surface area (TPSA) is 0 Å². The first-order valence-electron chi connectivity index (χ1n) is 13.9. The van der Waals surface area contributed by atoms with Crippen LogP contribution in [-0.4, -0.2) is 0 Å². The quantitative estimate of drug-likeness (QED) is 0.371. The van der Waals surface area contributed by atoms with Gasteiger partial charge in [-0.25, -0.2) is 0 Å². The van der Waals surface area contributed by atoms with E-state index in [1.54, 1.807) is 0 Å². The van der Waals surface area contributed by atoms with Crippen molar-refractivity contribution < 1.29 is 0 Å². The van der Waals surface area contributed by atoms with Crippen molar-refractivity contribution in [2.75, 3.05) is 0 Å². The van der Waals surface area contributed by atoms with Crippen LogP contribution in [0.15, 0.2) is 48.5 Å². The molecule has 2 aliphatic carbocycles. The van der Waals surface area contributed by atoms with Crippen LogP contribution in [-0.2, 0) is 12.8 Å². The van der Waals surface area contributed by atoms with Gasteiger partial charge < -0.3 is 0 Å². The molecule has 0 aromatic heterocycles. The molecule has 0 heterocycles. The Morgan fingerprint density at radius 1 is 0.469 bits per heavy atom. The molecule has 2 aromatic rings. The summed E-state index contributed by atoms with van der Waals surface area (Å²) >= 11 is 0. The molecule has 0 nitrogen and oxygen atoms in total. The molecule has 0 bridgehead atoms. The van der Waals surface area contributed by atoms with Gasteiger partial charge >= 0.3 is 0 Å². The minimum absolute atomic E-state index is 0.908. The average molecular weight is 431 g/mol. The molecule has 0 radical (unpaired) electrons. The van der Waals surface area contributed by atoms with Gasteiger partial charge in [-0.15, -0.1) is 0 Å². The largest absolute Gasteiger partial charge is 0.0654 e. The summed E-state index contributed by atoms with van der Waals surface area (Å²) < 4.78 is 0. The van der Waals surface area contributed by atoms with E-state index in [4.69, 9.17) is 0 Å². The van der Waals surface area contributed by atoms with Crippen molar-refractivity contribution in [1.29, 1.82) is 0 Å². The van der Waals surface area contributed by atoms with Crippen LogP contribution in [0.4, 0.5) is 0 Å². The van der Waals surface area contributed by atoms with Crippen LogP contribution in [0, 0.1) is 23.7 Å². The van der Waals surface area contributed by atoms with Crippen molar-refractivity contribution in [2.24, 2.45) is 23.7 Å². The molecule has 0 atom stereocenters. The van der Waals surface area contributed by atoms with Crippen molar-refractivity contribution >= 4 is 0 Å². The summed E-state index contributed by atoms with van der Waals surface area (Å²) in [5, 5.41) is 0. The van der Waals surface area contributed by atoms with E-state index in [-0.39, 0.29) is 0 Å². The third kappa shape index (κ3) is 6.72. The molecule has 32 heavy (non-hydrogen) atoms. The lowest BCUT2D eigenvalue weighted by Crippen LogP contribution is -2.16. The van der Waals surface area contributed by atoms with Crippen LogP contribution in [0.25, 0.3) is 11.1 Å². The highest BCUT2D eigenvalue weighted by Crippen LogP contribution is 2.35. The van der Waals surface area contributed by atoms with Crippen LogP contribution in [0.2, 0.25) is 0 Å². The van der Waals surface area contributed by atoms with Crippen LogP contribution in [0.1, 0.15) is 102 Å². The van der Waals surface area contributed by atoms with E-state index in [0.717, 1.165) is 23.7 Å². The van der Waals surface area contributed by atoms with E-state index in [0.29, 0.717) is 0 Å². The van der Waals surface area contributed by atoms with Crippen molar-refractivity contribution in [3.63, 3.8) is 0 Å². The van der Waals surface area contributed by atoms with Crippen LogP contribution < -0.4 is 0 Å². The zero-order valence-electron chi connectivity index (χ0n) is 20.8. The molecule has 2 saturated carbocycles. The third-order valence-corrected chi connectivity index (χ3v) is 8.62. The SMILES string of the molecule is CCCC1CCC(Cc2ccc(-c3ccc(CC4CCC(CCC)CC4)cc3)cc2)CC1. The molecule has 0 unspecified atom stereocenters. The molecule has 4 rings (SSSR count). The summed E-state index contributed by atoms with van der Waals surface area (Å²) in [5.74, 6) is 3.84. The number of rotatable bonds is 9. The number of hydrogen-bond donors (Lipinski definition) is 0. The van der Waals surface area contributed by atoms with Gasteiger partial charge in [0.1, 0.15) is 0 Å². The van der Waals surface area contributed by atoms with Gasteiger partial charge in [0.25, 0.3) is 0 Å². The van der Waals surface area contributed by atoms with Crippen molar-refractivity contribution in [2.45, 2.75) is 104 Å². The Morgan fingerprint density at radius 2 is 0.781 bits per heavy atom. The molecule has 2 aromatic carbocycles. The maximum Gasteiger partial charge on any atom is -0.0184 e. The first-order chi connectivity index (χ1) is 15.7. The summed E-state index contributed by atoms with van der Waals surface area (Å²) in [6.45, 7) is 4.67. The lowest BCUT2D eigenvalue weighted by Gasteiger charge is -2.28. The van der Waals surface area contributed by atoms with Crippen LogP contribution >= 0.6 is 0 Å². The molecule has 2 aliphatic rings. The minimum atomic E-state index is 0.908. The smallest absolute Gasteiger partial charge is 0.0184 e. The molecule has 0 N–H and O–H groups in total. The van der Waals surface area contributed by atoms with Gasteiger partial charge in [0.2, 0.25) is 0 Å². The van der Waals surface area contributed by atoms with Crippen molar-refractivity contribution in [3.8, 4) is 11.1 Å². The van der Waals surface area contributed by atoms with Crippen LogP contribution in [0.5, 0.6) is 0 Å². The lowest BCUT2D eigenvalue weighted by molar-refractivity contribution is 0.261. The molecule has 2 fully saturated rings. The van der Waals surface area contributed by atoms with Gasteiger partial charge in [-0.3, -0.25) is 0 Å². The predicted octanol–water partition coefficient (Wildman–Crippen LogP) is 9.65. The Morgan fingerprint density at radius 3 is 1.09 bits per heavy atom. The summed E-state index contributed by atoms with van der Waals surface area (Å²) in [7, 11) is 0. The minimum Gasteiger partial charge on any atom is -0.0654 e. The van der Waals surface area contributed by atoms with Gasteiger partial charge in [-0.05, 0) is 84.5 Å². The van der Waals surface area contributed by atoms with E-state index in [1.165, 1.54) is 112 Å². The van der Waals surface area contributed by atoms with Gasteiger partial charge in [0.05, 0.1) is 0 Å². The molecule has 0 spiro atoms. The normalized spacial score (nSPS) is 26.2. The third-order valence-electron chi connectivity index (χ3n) is 8.62. The summed E-state index contributed by atoms with van der Waals surface area (Å²) in [4.78, 5) is 0. The van der Waals surface area contributed by atoms with E-state index >= 15 is 0 Å². The molecule has 0 heteroatoms. The second kappa shape index (κ2) is 12.1. The van der Waals surface area contributed by atoms with Gasteiger partial charge in [-0.2, -0.15) is 0 Å². The fraction of sp³-hybridized carbons (Fsp3) is 0.625. The van der Waals surface area contributed by atoms with Crippen LogP contribution in [0.3, 0.4) is 0 Å². The first kappa shape index (κ1) is 23.6. The fourth-order valence-corrected chi connectivity index (χ4v) is 6.60. The zero-order valence-corrected chi connectivity index (χ0v) is 20.8. The highest BCUT2D eigenvalue weighted by Gasteiger charge is 2.21. The zero-order chi connectivity index (χ0) is 22.2. The van der Waals surface area contributed by atoms with Crippen molar-refractivity contribution in [3.05, 3.63) is 59.7 Å². The van der Waals surface area contributed by atoms with E-state index in [9.17, 15) is 0 Å². The fourth-order valence-electron chi connectivity index (χ4n) is 6.60. The molecule has 0 amide bonds. The summed E-state index contributed by atoms with van der Waals surface area (Å²) in [6.07, 6.45) is 19.8. The Hall–Kier alpha value is -1.56. The highest BCUT2D eigenvalue weighted by atomic mass is 14.3. The van der Waals surface area contributed by atoms with E-state index in [1.807, 2.05) is 0 Å². The molecule has 174 valence electrons. The van der Waals surface area contributed by atoms with Gasteiger partial charge in [0, 0.05) is 0 Å². The highest BCUT2D eigenvalue weighted by molar-refractivity contribution is 5.64. The second-order valence-electron chi connectivity index (χ2n) is 11.2. The molecule has 0 aliphatic heterocycles.